The van der Waals surface area contributed by atoms with Gasteiger partial charge in [-0.15, -0.1) is 0 Å². The minimum atomic E-state index is -0.376. The highest BCUT2D eigenvalue weighted by molar-refractivity contribution is 5.95. The Hall–Kier alpha value is -1.62. The first-order valence-corrected chi connectivity index (χ1v) is 5.65. The third-order valence-corrected chi connectivity index (χ3v) is 2.85. The molecule has 2 rings (SSSR count). The van der Waals surface area contributed by atoms with Crippen LogP contribution in [0.4, 0.5) is 0 Å². The second kappa shape index (κ2) is 4.71. The molecule has 1 fully saturated rings. The van der Waals surface area contributed by atoms with E-state index < -0.39 is 0 Å². The van der Waals surface area contributed by atoms with E-state index in [0.717, 1.165) is 19.4 Å². The maximum absolute atomic E-state index is 11.9. The van der Waals surface area contributed by atoms with E-state index in [2.05, 4.69) is 10.3 Å². The lowest BCUT2D eigenvalue weighted by Gasteiger charge is -2.34. The van der Waals surface area contributed by atoms with Crippen LogP contribution in [0.5, 0.6) is 5.75 Å². The van der Waals surface area contributed by atoms with Gasteiger partial charge in [0.25, 0.3) is 5.91 Å². The summed E-state index contributed by atoms with van der Waals surface area (Å²) >= 11 is 0. The number of hydrogen-bond donors (Lipinski definition) is 2. The van der Waals surface area contributed by atoms with Gasteiger partial charge in [-0.05, 0) is 31.9 Å². The highest BCUT2D eigenvalue weighted by atomic mass is 16.5. The Morgan fingerprint density at radius 1 is 1.65 bits per heavy atom. The lowest BCUT2D eigenvalue weighted by atomic mass is 9.94. The zero-order valence-corrected chi connectivity index (χ0v) is 9.77. The van der Waals surface area contributed by atoms with Crippen molar-refractivity contribution in [1.29, 1.82) is 0 Å². The minimum absolute atomic E-state index is 0.0549. The molecule has 1 atom stereocenters. The molecule has 0 aromatic carbocycles. The molecule has 1 saturated heterocycles. The van der Waals surface area contributed by atoms with Gasteiger partial charge in [-0.3, -0.25) is 4.79 Å². The Kier molecular flexibility index (Phi) is 3.28. The van der Waals surface area contributed by atoms with Crippen molar-refractivity contribution in [3.8, 4) is 5.75 Å². The number of amides is 1. The summed E-state index contributed by atoms with van der Waals surface area (Å²) in [4.78, 5) is 15.8. The fourth-order valence-electron chi connectivity index (χ4n) is 1.94. The number of aromatic nitrogens is 1. The highest BCUT2D eigenvalue weighted by Crippen LogP contribution is 2.20. The van der Waals surface area contributed by atoms with Crippen molar-refractivity contribution in [3.05, 3.63) is 24.0 Å². The largest absolute Gasteiger partial charge is 0.505 e. The monoisotopic (exact) mass is 236 g/mol. The summed E-state index contributed by atoms with van der Waals surface area (Å²) in [6.45, 7) is 3.16. The molecule has 1 amide bonds. The number of carbonyl (C=O) groups excluding carboxylic acids is 1. The Labute approximate surface area is 99.8 Å². The molecule has 2 N–H and O–H groups in total. The van der Waals surface area contributed by atoms with E-state index in [-0.39, 0.29) is 22.9 Å². The SMILES string of the molecule is CC1(NC(=O)c2ncccc2O)CCCOC1. The first-order chi connectivity index (χ1) is 8.11. The Morgan fingerprint density at radius 3 is 3.12 bits per heavy atom. The van der Waals surface area contributed by atoms with Crippen LogP contribution in [0, 0.1) is 0 Å². The van der Waals surface area contributed by atoms with Gasteiger partial charge in [0.05, 0.1) is 12.1 Å². The topological polar surface area (TPSA) is 71.5 Å². The Bertz CT molecular complexity index is 414. The molecule has 1 unspecified atom stereocenters. The summed E-state index contributed by atoms with van der Waals surface area (Å²) in [5, 5.41) is 12.4. The number of ether oxygens (including phenoxy) is 1. The van der Waals surface area contributed by atoms with E-state index in [1.54, 1.807) is 6.07 Å². The number of pyridine rings is 1. The molecule has 0 spiro atoms. The molecule has 0 aliphatic carbocycles. The number of nitrogens with one attached hydrogen (secondary N) is 1. The van der Waals surface area contributed by atoms with Crippen LogP contribution in [0.15, 0.2) is 18.3 Å². The fourth-order valence-corrected chi connectivity index (χ4v) is 1.94. The van der Waals surface area contributed by atoms with Crippen molar-refractivity contribution in [2.24, 2.45) is 0 Å². The third-order valence-electron chi connectivity index (χ3n) is 2.85. The van der Waals surface area contributed by atoms with Crippen LogP contribution in [0.1, 0.15) is 30.3 Å². The summed E-state index contributed by atoms with van der Waals surface area (Å²) in [5.41, 5.74) is -0.321. The van der Waals surface area contributed by atoms with Crippen LogP contribution in [-0.2, 0) is 4.74 Å². The molecule has 17 heavy (non-hydrogen) atoms. The van der Waals surface area contributed by atoms with Crippen LogP contribution in [0.2, 0.25) is 0 Å². The van der Waals surface area contributed by atoms with Crippen molar-refractivity contribution in [3.63, 3.8) is 0 Å². The number of carbonyl (C=O) groups is 1. The van der Waals surface area contributed by atoms with E-state index in [1.165, 1.54) is 12.3 Å². The van der Waals surface area contributed by atoms with Gasteiger partial charge in [0.2, 0.25) is 0 Å². The molecule has 1 aliphatic heterocycles. The van der Waals surface area contributed by atoms with Gasteiger partial charge >= 0.3 is 0 Å². The smallest absolute Gasteiger partial charge is 0.274 e. The number of hydrogen-bond acceptors (Lipinski definition) is 4. The first kappa shape index (κ1) is 11.9. The van der Waals surface area contributed by atoms with Crippen molar-refractivity contribution in [2.45, 2.75) is 25.3 Å². The molecule has 0 radical (unpaired) electrons. The predicted octanol–water partition coefficient (Wildman–Crippen LogP) is 1.09. The van der Waals surface area contributed by atoms with Crippen LogP contribution in [0.3, 0.4) is 0 Å². The van der Waals surface area contributed by atoms with Gasteiger partial charge in [0.1, 0.15) is 5.75 Å². The molecular weight excluding hydrogens is 220 g/mol. The minimum Gasteiger partial charge on any atom is -0.505 e. The quantitative estimate of drug-likeness (QED) is 0.806. The Morgan fingerprint density at radius 2 is 2.47 bits per heavy atom. The second-order valence-corrected chi connectivity index (χ2v) is 4.54. The molecule has 1 aliphatic rings. The number of rotatable bonds is 2. The van der Waals surface area contributed by atoms with E-state index in [4.69, 9.17) is 4.74 Å². The van der Waals surface area contributed by atoms with Crippen LogP contribution in [-0.4, -0.2) is 34.8 Å². The molecule has 92 valence electrons. The van der Waals surface area contributed by atoms with E-state index in [9.17, 15) is 9.90 Å². The fraction of sp³-hybridized carbons (Fsp3) is 0.500. The molecule has 1 aromatic rings. The average molecular weight is 236 g/mol. The summed E-state index contributed by atoms with van der Waals surface area (Å²) in [6, 6.07) is 3.03. The van der Waals surface area contributed by atoms with Crippen LogP contribution < -0.4 is 5.32 Å². The molecule has 1 aromatic heterocycles. The molecular formula is C12H16N2O3. The summed E-state index contributed by atoms with van der Waals surface area (Å²) in [6.07, 6.45) is 3.27. The third kappa shape index (κ3) is 2.74. The van der Waals surface area contributed by atoms with Crippen molar-refractivity contribution < 1.29 is 14.6 Å². The summed E-state index contributed by atoms with van der Waals surface area (Å²) < 4.78 is 5.35. The summed E-state index contributed by atoms with van der Waals surface area (Å²) in [7, 11) is 0. The van der Waals surface area contributed by atoms with Crippen LogP contribution >= 0.6 is 0 Å². The van der Waals surface area contributed by atoms with Gasteiger partial charge in [-0.1, -0.05) is 0 Å². The predicted molar refractivity (Wildman–Crippen MR) is 61.8 cm³/mol. The van der Waals surface area contributed by atoms with Gasteiger partial charge in [-0.25, -0.2) is 4.98 Å². The lowest BCUT2D eigenvalue weighted by molar-refractivity contribution is 0.0270. The van der Waals surface area contributed by atoms with E-state index in [0.29, 0.717) is 6.61 Å². The molecule has 5 heteroatoms. The molecule has 2 heterocycles. The maximum atomic E-state index is 11.9. The van der Waals surface area contributed by atoms with E-state index in [1.807, 2.05) is 6.92 Å². The van der Waals surface area contributed by atoms with Gasteiger partial charge in [0, 0.05) is 12.8 Å². The molecule has 5 nitrogen and oxygen atoms in total. The first-order valence-electron chi connectivity index (χ1n) is 5.65. The highest BCUT2D eigenvalue weighted by Gasteiger charge is 2.30. The van der Waals surface area contributed by atoms with Gasteiger partial charge in [-0.2, -0.15) is 0 Å². The number of nitrogens with zero attached hydrogens (tertiary/aromatic N) is 1. The van der Waals surface area contributed by atoms with Crippen LogP contribution in [0.25, 0.3) is 0 Å². The molecule has 0 bridgehead atoms. The summed E-state index contributed by atoms with van der Waals surface area (Å²) in [5.74, 6) is -0.471. The molecule has 0 saturated carbocycles. The lowest BCUT2D eigenvalue weighted by Crippen LogP contribution is -2.51. The van der Waals surface area contributed by atoms with Gasteiger partial charge < -0.3 is 15.2 Å². The zero-order valence-electron chi connectivity index (χ0n) is 9.77. The number of aromatic hydroxyl groups is 1. The van der Waals surface area contributed by atoms with E-state index >= 15 is 0 Å². The van der Waals surface area contributed by atoms with Crippen molar-refractivity contribution in [1.82, 2.24) is 10.3 Å². The van der Waals surface area contributed by atoms with Gasteiger partial charge in [0.15, 0.2) is 5.69 Å². The standard InChI is InChI=1S/C12H16N2O3/c1-12(5-3-7-17-8-12)14-11(16)10-9(15)4-2-6-13-10/h2,4,6,15H,3,5,7-8H2,1H3,(H,14,16). The normalized spacial score (nSPS) is 24.3. The zero-order chi connectivity index (χ0) is 12.3. The van der Waals surface area contributed by atoms with Crippen molar-refractivity contribution >= 4 is 5.91 Å². The Balaban J connectivity index is 2.09. The second-order valence-electron chi connectivity index (χ2n) is 4.54. The maximum Gasteiger partial charge on any atom is 0.274 e. The van der Waals surface area contributed by atoms with Crippen molar-refractivity contribution in [2.75, 3.05) is 13.2 Å². The average Bonchev–Trinajstić information content (AvgIpc) is 2.29.